The maximum atomic E-state index is 12.7. The van der Waals surface area contributed by atoms with E-state index < -0.39 is 60.5 Å². The smallest absolute Gasteiger partial charge is 0.303 e. The lowest BCUT2D eigenvalue weighted by Gasteiger charge is -2.52. The molecule has 1 fully saturated rings. The summed E-state index contributed by atoms with van der Waals surface area (Å²) in [6.45, 7) is 7.70. The second-order valence-electron chi connectivity index (χ2n) is 6.50. The molecule has 0 aromatic heterocycles. The molecule has 1 saturated heterocycles. The summed E-state index contributed by atoms with van der Waals surface area (Å²) in [7, 11) is 0. The first-order valence-corrected chi connectivity index (χ1v) is 8.53. The van der Waals surface area contributed by atoms with E-state index in [0.29, 0.717) is 0 Å². The summed E-state index contributed by atoms with van der Waals surface area (Å²) >= 11 is 0. The predicted octanol–water partition coefficient (Wildman–Crippen LogP) is -0.876. The number of hydrogen-bond acceptors (Lipinski definition) is 9. The quantitative estimate of drug-likeness (QED) is 0.420. The van der Waals surface area contributed by atoms with Gasteiger partial charge in [0, 0.05) is 40.0 Å². The Morgan fingerprint density at radius 3 is 1.89 bits per heavy atom. The number of hydrogen-bond donors (Lipinski definition) is 0. The van der Waals surface area contributed by atoms with E-state index in [0.717, 1.165) is 13.8 Å². The summed E-state index contributed by atoms with van der Waals surface area (Å²) in [6.07, 6.45) is -5.48. The molecule has 0 N–H and O–H groups in total. The molecule has 10 nitrogen and oxygen atoms in total. The van der Waals surface area contributed by atoms with Gasteiger partial charge in [-0.2, -0.15) is 0 Å². The number of amides is 1. The van der Waals surface area contributed by atoms with Crippen LogP contribution in [0.25, 0.3) is 0 Å². The normalized spacial score (nSPS) is 27.6. The number of ether oxygens (including phenoxy) is 4. The summed E-state index contributed by atoms with van der Waals surface area (Å²) in [5, 5.41) is 12.7. The first kappa shape index (κ1) is 22.8. The summed E-state index contributed by atoms with van der Waals surface area (Å²) in [5.74, 6) is -2.50. The van der Waals surface area contributed by atoms with Crippen molar-refractivity contribution in [3.63, 3.8) is 0 Å². The van der Waals surface area contributed by atoms with E-state index in [9.17, 15) is 24.3 Å². The zero-order valence-corrected chi connectivity index (χ0v) is 16.3. The van der Waals surface area contributed by atoms with E-state index in [1.165, 1.54) is 18.7 Å². The molecule has 1 aliphatic rings. The third-order valence-electron chi connectivity index (χ3n) is 3.91. The Labute approximate surface area is 157 Å². The third kappa shape index (κ3) is 6.17. The van der Waals surface area contributed by atoms with Crippen molar-refractivity contribution in [3.8, 4) is 0 Å². The fourth-order valence-electron chi connectivity index (χ4n) is 3.09. The van der Waals surface area contributed by atoms with Crippen molar-refractivity contribution in [1.29, 1.82) is 0 Å². The Hall–Kier alpha value is -2.20. The van der Waals surface area contributed by atoms with Crippen LogP contribution in [0.5, 0.6) is 0 Å². The van der Waals surface area contributed by atoms with Crippen LogP contribution in [0.15, 0.2) is 0 Å². The summed E-state index contributed by atoms with van der Waals surface area (Å²) < 4.78 is 20.7. The topological polar surface area (TPSA) is 132 Å². The monoisotopic (exact) mass is 388 g/mol. The number of nitrogens with zero attached hydrogens (tertiary/aromatic N) is 1. The van der Waals surface area contributed by atoms with Crippen molar-refractivity contribution in [2.24, 2.45) is 0 Å². The Morgan fingerprint density at radius 1 is 0.963 bits per heavy atom. The Morgan fingerprint density at radius 2 is 1.48 bits per heavy atom. The van der Waals surface area contributed by atoms with Crippen molar-refractivity contribution >= 4 is 23.8 Å². The van der Waals surface area contributed by atoms with E-state index in [1.54, 1.807) is 13.8 Å². The van der Waals surface area contributed by atoms with Gasteiger partial charge >= 0.3 is 17.9 Å². The predicted molar refractivity (Wildman–Crippen MR) is 87.8 cm³/mol. The van der Waals surface area contributed by atoms with Gasteiger partial charge in [-0.3, -0.25) is 19.2 Å². The highest BCUT2D eigenvalue weighted by molar-refractivity contribution is 5.74. The molecule has 0 saturated carbocycles. The molecular formula is C17H26NO9-. The van der Waals surface area contributed by atoms with Gasteiger partial charge in [-0.15, -0.1) is 0 Å². The van der Waals surface area contributed by atoms with Gasteiger partial charge in [-0.25, -0.2) is 0 Å². The van der Waals surface area contributed by atoms with E-state index in [1.807, 2.05) is 0 Å². The van der Waals surface area contributed by atoms with Crippen LogP contribution in [0.4, 0.5) is 0 Å². The van der Waals surface area contributed by atoms with Gasteiger partial charge in [0.15, 0.2) is 12.2 Å². The molecule has 1 heterocycles. The minimum atomic E-state index is -1.81. The summed E-state index contributed by atoms with van der Waals surface area (Å²) in [6, 6.07) is -1.64. The lowest BCUT2D eigenvalue weighted by molar-refractivity contribution is -0.525. The van der Waals surface area contributed by atoms with Crippen LogP contribution in [0.1, 0.15) is 41.5 Å². The molecule has 10 heteroatoms. The van der Waals surface area contributed by atoms with Gasteiger partial charge in [0.2, 0.25) is 5.91 Å². The van der Waals surface area contributed by atoms with E-state index in [-0.39, 0.29) is 6.61 Å². The maximum absolute atomic E-state index is 12.7. The SMILES string of the molecule is CC(=O)OC[C@H]1O[C@@H]([O-])[C@H](N(C(C)=O)C(C)C)[C@@H](OC(C)=O)[C@@H]1OC(C)=O. The number of rotatable bonds is 6. The Balaban J connectivity index is 3.34. The molecule has 0 aliphatic carbocycles. The third-order valence-corrected chi connectivity index (χ3v) is 3.91. The summed E-state index contributed by atoms with van der Waals surface area (Å²) in [4.78, 5) is 47.6. The molecule has 0 spiro atoms. The van der Waals surface area contributed by atoms with Crippen LogP contribution >= 0.6 is 0 Å². The molecule has 0 aromatic carbocycles. The van der Waals surface area contributed by atoms with Crippen LogP contribution in [-0.2, 0) is 38.1 Å². The second-order valence-corrected chi connectivity index (χ2v) is 6.50. The fraction of sp³-hybridized carbons (Fsp3) is 0.765. The van der Waals surface area contributed by atoms with Gasteiger partial charge in [-0.1, -0.05) is 0 Å². The number of esters is 3. The van der Waals surface area contributed by atoms with Gasteiger partial charge in [-0.05, 0) is 13.8 Å². The fourth-order valence-corrected chi connectivity index (χ4v) is 3.09. The highest BCUT2D eigenvalue weighted by Gasteiger charge is 2.50. The standard InChI is InChI=1S/C17H26NO9/c1-8(2)18(9(3)19)14-16(26-12(6)22)15(25-11(5)21)13(27-17(14)23)7-24-10(4)20/h8,13-17H,7H2,1-6H3/q-1/t13-,14-,15-,16-,17-/m1/s1. The highest BCUT2D eigenvalue weighted by atomic mass is 16.7. The van der Waals surface area contributed by atoms with Crippen LogP contribution in [-0.4, -0.2) is 72.0 Å². The van der Waals surface area contributed by atoms with Crippen LogP contribution in [0.2, 0.25) is 0 Å². The Kier molecular flexibility index (Phi) is 8.17. The van der Waals surface area contributed by atoms with Gasteiger partial charge in [0.25, 0.3) is 0 Å². The molecular weight excluding hydrogens is 362 g/mol. The molecule has 0 aromatic rings. The van der Waals surface area contributed by atoms with E-state index >= 15 is 0 Å². The zero-order valence-electron chi connectivity index (χ0n) is 16.3. The van der Waals surface area contributed by atoms with Crippen LogP contribution in [0, 0.1) is 0 Å². The first-order valence-electron chi connectivity index (χ1n) is 8.53. The first-order chi connectivity index (χ1) is 12.5. The van der Waals surface area contributed by atoms with Gasteiger partial charge in [0.1, 0.15) is 12.7 Å². The van der Waals surface area contributed by atoms with E-state index in [4.69, 9.17) is 18.9 Å². The molecule has 5 atom stereocenters. The molecule has 27 heavy (non-hydrogen) atoms. The molecule has 0 unspecified atom stereocenters. The van der Waals surface area contributed by atoms with E-state index in [2.05, 4.69) is 0 Å². The average molecular weight is 388 g/mol. The Bertz CT molecular complexity index is 577. The van der Waals surface area contributed by atoms with Crippen LogP contribution < -0.4 is 5.11 Å². The molecule has 1 rings (SSSR count). The number of carbonyl (C=O) groups excluding carboxylic acids is 4. The maximum Gasteiger partial charge on any atom is 0.303 e. The lowest BCUT2D eigenvalue weighted by Crippen LogP contribution is -2.70. The van der Waals surface area contributed by atoms with Gasteiger partial charge < -0.3 is 29.0 Å². The lowest BCUT2D eigenvalue weighted by atomic mass is 9.94. The van der Waals surface area contributed by atoms with Crippen molar-refractivity contribution in [2.45, 2.75) is 78.2 Å². The highest BCUT2D eigenvalue weighted by Crippen LogP contribution is 2.29. The second kappa shape index (κ2) is 9.65. The molecule has 154 valence electrons. The molecule has 0 radical (unpaired) electrons. The molecule has 0 bridgehead atoms. The number of carbonyl (C=O) groups is 4. The van der Waals surface area contributed by atoms with Crippen molar-refractivity contribution in [2.75, 3.05) is 6.61 Å². The van der Waals surface area contributed by atoms with Crippen LogP contribution in [0.3, 0.4) is 0 Å². The summed E-state index contributed by atoms with van der Waals surface area (Å²) in [5.41, 5.74) is 0. The minimum absolute atomic E-state index is 0.377. The molecule has 1 amide bonds. The van der Waals surface area contributed by atoms with Crippen molar-refractivity contribution in [3.05, 3.63) is 0 Å². The van der Waals surface area contributed by atoms with Crippen molar-refractivity contribution in [1.82, 2.24) is 4.90 Å². The van der Waals surface area contributed by atoms with Crippen molar-refractivity contribution < 1.29 is 43.2 Å². The molecule has 1 aliphatic heterocycles. The van der Waals surface area contributed by atoms with Gasteiger partial charge in [0.05, 0.1) is 6.04 Å². The average Bonchev–Trinajstić information content (AvgIpc) is 2.49. The largest absolute Gasteiger partial charge is 0.829 e. The zero-order chi connectivity index (χ0) is 20.9. The minimum Gasteiger partial charge on any atom is -0.829 e.